The van der Waals surface area contributed by atoms with Crippen LogP contribution in [0, 0.1) is 0 Å². The van der Waals surface area contributed by atoms with Crippen molar-refractivity contribution < 1.29 is 22.7 Å². The molecule has 0 saturated carbocycles. The Balaban J connectivity index is 1.60. The van der Waals surface area contributed by atoms with Crippen LogP contribution in [0.3, 0.4) is 0 Å². The summed E-state index contributed by atoms with van der Waals surface area (Å²) < 4.78 is 46.3. The lowest BCUT2D eigenvalue weighted by Gasteiger charge is -2.12. The third-order valence-corrected chi connectivity index (χ3v) is 3.90. The molecule has 1 amide bonds. The zero-order valence-electron chi connectivity index (χ0n) is 14.1. The number of amides is 1. The highest BCUT2D eigenvalue weighted by molar-refractivity contribution is 5.90. The number of aromatic nitrogens is 4. The van der Waals surface area contributed by atoms with Gasteiger partial charge >= 0.3 is 12.3 Å². The van der Waals surface area contributed by atoms with Crippen LogP contribution in [-0.2, 0) is 6.18 Å². The van der Waals surface area contributed by atoms with Gasteiger partial charge in [-0.25, -0.2) is 9.48 Å². The SMILES string of the molecule is O=C(Nc1ccc2cn[nH]c2c1)Oc1cnn(-c2ccccc2)c1C(F)(F)F. The second kappa shape index (κ2) is 6.72. The Morgan fingerprint density at radius 3 is 2.64 bits per heavy atom. The number of aromatic amines is 1. The maximum Gasteiger partial charge on any atom is 0.437 e. The van der Waals surface area contributed by atoms with Gasteiger partial charge in [0, 0.05) is 11.1 Å². The maximum absolute atomic E-state index is 13.6. The van der Waals surface area contributed by atoms with Crippen molar-refractivity contribution in [3.63, 3.8) is 0 Å². The molecule has 0 aliphatic carbocycles. The fourth-order valence-electron chi connectivity index (χ4n) is 2.69. The number of halogens is 3. The molecule has 2 heterocycles. The van der Waals surface area contributed by atoms with Gasteiger partial charge in [0.2, 0.25) is 0 Å². The molecule has 0 unspecified atom stereocenters. The summed E-state index contributed by atoms with van der Waals surface area (Å²) in [6.07, 6.45) is -3.40. The van der Waals surface area contributed by atoms with Crippen LogP contribution in [0.25, 0.3) is 16.6 Å². The Bertz CT molecular complexity index is 1140. The number of alkyl halides is 3. The van der Waals surface area contributed by atoms with Crippen molar-refractivity contribution in [2.45, 2.75) is 6.18 Å². The quantitative estimate of drug-likeness (QED) is 0.546. The smallest absolute Gasteiger partial charge is 0.406 e. The van der Waals surface area contributed by atoms with Crippen LogP contribution in [0.5, 0.6) is 5.75 Å². The molecule has 0 bridgehead atoms. The lowest BCUT2D eigenvalue weighted by atomic mass is 10.2. The van der Waals surface area contributed by atoms with Crippen molar-refractivity contribution in [1.82, 2.24) is 20.0 Å². The highest BCUT2D eigenvalue weighted by Gasteiger charge is 2.40. The van der Waals surface area contributed by atoms with Gasteiger partial charge in [-0.05, 0) is 30.3 Å². The Morgan fingerprint density at radius 1 is 1.11 bits per heavy atom. The van der Waals surface area contributed by atoms with Crippen LogP contribution in [0.15, 0.2) is 60.9 Å². The van der Waals surface area contributed by atoms with E-state index in [1.165, 1.54) is 12.1 Å². The van der Waals surface area contributed by atoms with E-state index in [9.17, 15) is 18.0 Å². The molecule has 4 aromatic rings. The van der Waals surface area contributed by atoms with E-state index in [0.29, 0.717) is 15.9 Å². The average molecular weight is 387 g/mol. The highest BCUT2D eigenvalue weighted by atomic mass is 19.4. The first-order chi connectivity index (χ1) is 13.4. The van der Waals surface area contributed by atoms with Crippen LogP contribution in [0.4, 0.5) is 23.7 Å². The van der Waals surface area contributed by atoms with E-state index in [0.717, 1.165) is 11.6 Å². The van der Waals surface area contributed by atoms with Crippen molar-refractivity contribution in [3.8, 4) is 11.4 Å². The molecule has 0 atom stereocenters. The van der Waals surface area contributed by atoms with Gasteiger partial charge in [0.05, 0.1) is 23.6 Å². The molecule has 0 spiro atoms. The van der Waals surface area contributed by atoms with E-state index in [1.54, 1.807) is 42.6 Å². The molecule has 0 aliphatic heterocycles. The summed E-state index contributed by atoms with van der Waals surface area (Å²) in [5.41, 5.74) is 0.00378. The number of ether oxygens (including phenoxy) is 1. The molecular formula is C18H12F3N5O2. The number of hydrogen-bond acceptors (Lipinski definition) is 4. The number of rotatable bonds is 3. The van der Waals surface area contributed by atoms with E-state index in [-0.39, 0.29) is 5.69 Å². The minimum Gasteiger partial charge on any atom is -0.406 e. The van der Waals surface area contributed by atoms with Crippen LogP contribution >= 0.6 is 0 Å². The summed E-state index contributed by atoms with van der Waals surface area (Å²) in [4.78, 5) is 12.1. The van der Waals surface area contributed by atoms with E-state index < -0.39 is 23.7 Å². The summed E-state index contributed by atoms with van der Waals surface area (Å²) in [6, 6.07) is 12.6. The Morgan fingerprint density at radius 2 is 1.89 bits per heavy atom. The van der Waals surface area contributed by atoms with Crippen molar-refractivity contribution in [2.24, 2.45) is 0 Å². The van der Waals surface area contributed by atoms with Gasteiger partial charge in [0.1, 0.15) is 0 Å². The molecule has 28 heavy (non-hydrogen) atoms. The number of hydrogen-bond donors (Lipinski definition) is 2. The first kappa shape index (κ1) is 17.6. The number of fused-ring (bicyclic) bond motifs is 1. The zero-order valence-corrected chi connectivity index (χ0v) is 14.1. The van der Waals surface area contributed by atoms with Crippen molar-refractivity contribution >= 4 is 22.7 Å². The topological polar surface area (TPSA) is 84.8 Å². The summed E-state index contributed by atoms with van der Waals surface area (Å²) in [5, 5.41) is 13.5. The Hall–Kier alpha value is -3.82. The van der Waals surface area contributed by atoms with Crippen molar-refractivity contribution in [2.75, 3.05) is 5.32 Å². The number of nitrogens with one attached hydrogen (secondary N) is 2. The zero-order chi connectivity index (χ0) is 19.7. The molecule has 0 aliphatic rings. The monoisotopic (exact) mass is 387 g/mol. The second-order valence-electron chi connectivity index (χ2n) is 5.79. The first-order valence-electron chi connectivity index (χ1n) is 8.04. The predicted molar refractivity (Wildman–Crippen MR) is 94.3 cm³/mol. The molecule has 0 fully saturated rings. The minimum atomic E-state index is -4.78. The molecule has 2 aromatic carbocycles. The van der Waals surface area contributed by atoms with Crippen LogP contribution in [0.1, 0.15) is 5.69 Å². The van der Waals surface area contributed by atoms with Gasteiger partial charge < -0.3 is 4.74 Å². The molecule has 10 heteroatoms. The molecular weight excluding hydrogens is 375 g/mol. The fourth-order valence-corrected chi connectivity index (χ4v) is 2.69. The number of H-pyrrole nitrogens is 1. The molecule has 2 aromatic heterocycles. The molecule has 7 nitrogen and oxygen atoms in total. The Labute approximate surface area is 155 Å². The number of anilines is 1. The highest BCUT2D eigenvalue weighted by Crippen LogP contribution is 2.37. The van der Waals surface area contributed by atoms with E-state index in [4.69, 9.17) is 4.74 Å². The number of carbonyl (C=O) groups excluding carboxylic acids is 1. The molecule has 0 radical (unpaired) electrons. The fraction of sp³-hybridized carbons (Fsp3) is 0.0556. The van der Waals surface area contributed by atoms with Gasteiger partial charge in [-0.2, -0.15) is 23.4 Å². The molecule has 4 rings (SSSR count). The number of nitrogens with zero attached hydrogens (tertiary/aromatic N) is 3. The lowest BCUT2D eigenvalue weighted by molar-refractivity contribution is -0.143. The van der Waals surface area contributed by atoms with E-state index in [2.05, 4.69) is 20.6 Å². The van der Waals surface area contributed by atoms with Gasteiger partial charge in [-0.3, -0.25) is 10.4 Å². The third-order valence-electron chi connectivity index (χ3n) is 3.90. The number of carbonyl (C=O) groups is 1. The van der Waals surface area contributed by atoms with Gasteiger partial charge in [0.25, 0.3) is 0 Å². The van der Waals surface area contributed by atoms with E-state index >= 15 is 0 Å². The minimum absolute atomic E-state index is 0.190. The van der Waals surface area contributed by atoms with Crippen molar-refractivity contribution in [3.05, 3.63) is 66.6 Å². The molecule has 0 saturated heterocycles. The summed E-state index contributed by atoms with van der Waals surface area (Å²) >= 11 is 0. The number of benzene rings is 2. The van der Waals surface area contributed by atoms with Crippen LogP contribution in [0.2, 0.25) is 0 Å². The van der Waals surface area contributed by atoms with Crippen molar-refractivity contribution in [1.29, 1.82) is 0 Å². The predicted octanol–water partition coefficient (Wildman–Crippen LogP) is 4.38. The molecule has 2 N–H and O–H groups in total. The standard InChI is InChI=1S/C18H12F3N5O2/c19-18(20,21)16-15(10-23-26(16)13-4-2-1-3-5-13)28-17(27)24-12-7-6-11-9-22-25-14(11)8-12/h1-10H,(H,22,25)(H,24,27). The second-order valence-corrected chi connectivity index (χ2v) is 5.79. The maximum atomic E-state index is 13.6. The Kier molecular flexibility index (Phi) is 4.22. The summed E-state index contributed by atoms with van der Waals surface area (Å²) in [7, 11) is 0. The lowest BCUT2D eigenvalue weighted by Crippen LogP contribution is -2.20. The third kappa shape index (κ3) is 3.39. The number of para-hydroxylation sites is 1. The van der Waals surface area contributed by atoms with Gasteiger partial charge in [0.15, 0.2) is 11.4 Å². The van der Waals surface area contributed by atoms with Crippen LogP contribution in [-0.4, -0.2) is 26.1 Å². The van der Waals surface area contributed by atoms with Gasteiger partial charge in [-0.1, -0.05) is 18.2 Å². The van der Waals surface area contributed by atoms with Gasteiger partial charge in [-0.15, -0.1) is 0 Å². The summed E-state index contributed by atoms with van der Waals surface area (Å²) in [6.45, 7) is 0. The molecule has 142 valence electrons. The average Bonchev–Trinajstić information content (AvgIpc) is 3.28. The van der Waals surface area contributed by atoms with Crippen LogP contribution < -0.4 is 10.1 Å². The largest absolute Gasteiger partial charge is 0.437 e. The first-order valence-corrected chi connectivity index (χ1v) is 8.04. The normalized spacial score (nSPS) is 11.5. The van der Waals surface area contributed by atoms with E-state index in [1.807, 2.05) is 0 Å². The summed E-state index contributed by atoms with van der Waals surface area (Å²) in [5.74, 6) is -0.698.